The van der Waals surface area contributed by atoms with Crippen LogP contribution >= 0.6 is 0 Å². The highest BCUT2D eigenvalue weighted by atomic mass is 16.5. The summed E-state index contributed by atoms with van der Waals surface area (Å²) in [6.45, 7) is 7.97. The summed E-state index contributed by atoms with van der Waals surface area (Å²) >= 11 is 0. The number of phenols is 1. The van der Waals surface area contributed by atoms with Gasteiger partial charge in [0.1, 0.15) is 5.75 Å². The molecule has 6 heteroatoms. The van der Waals surface area contributed by atoms with Crippen LogP contribution in [0.1, 0.15) is 28.5 Å². The molecule has 0 bridgehead atoms. The Kier molecular flexibility index (Phi) is 5.86. The number of ether oxygens (including phenoxy) is 1. The molecule has 0 atom stereocenters. The number of pyridine rings is 1. The zero-order valence-corrected chi connectivity index (χ0v) is 17.5. The number of hydrogen-bond donors (Lipinski definition) is 1. The molecule has 156 valence electrons. The van der Waals surface area contributed by atoms with E-state index in [0.717, 1.165) is 54.0 Å². The number of hydrogen-bond acceptors (Lipinski definition) is 6. The molecule has 0 unspecified atom stereocenters. The number of esters is 1. The highest BCUT2D eigenvalue weighted by molar-refractivity contribution is 5.98. The predicted octanol–water partition coefficient (Wildman–Crippen LogP) is 3.75. The molecular weight excluding hydrogens is 378 g/mol. The van der Waals surface area contributed by atoms with Gasteiger partial charge in [-0.1, -0.05) is 30.3 Å². The number of phenolic OH excluding ortho intramolecular Hbond substituents is 1. The number of para-hydroxylation sites is 3. The number of anilines is 1. The third-order valence-electron chi connectivity index (χ3n) is 5.67. The van der Waals surface area contributed by atoms with Gasteiger partial charge in [-0.05, 0) is 37.6 Å². The molecule has 1 saturated heterocycles. The lowest BCUT2D eigenvalue weighted by molar-refractivity contribution is 0.0522. The van der Waals surface area contributed by atoms with E-state index in [2.05, 4.69) is 9.80 Å². The molecule has 0 spiro atoms. The molecule has 1 aliphatic rings. The van der Waals surface area contributed by atoms with Crippen LogP contribution in [0.15, 0.2) is 48.5 Å². The van der Waals surface area contributed by atoms with Crippen molar-refractivity contribution in [3.05, 3.63) is 65.4 Å². The minimum absolute atomic E-state index is 0.308. The predicted molar refractivity (Wildman–Crippen MR) is 118 cm³/mol. The Morgan fingerprint density at radius 1 is 1.07 bits per heavy atom. The topological polar surface area (TPSA) is 65.9 Å². The summed E-state index contributed by atoms with van der Waals surface area (Å²) < 4.78 is 5.34. The van der Waals surface area contributed by atoms with Crippen LogP contribution in [-0.2, 0) is 11.3 Å². The fraction of sp³-hybridized carbons (Fsp3) is 0.333. The van der Waals surface area contributed by atoms with Crippen molar-refractivity contribution in [2.45, 2.75) is 20.4 Å². The Hall–Kier alpha value is -3.12. The van der Waals surface area contributed by atoms with Crippen molar-refractivity contribution >= 4 is 22.6 Å². The highest BCUT2D eigenvalue weighted by Gasteiger charge is 2.24. The maximum Gasteiger partial charge on any atom is 0.340 e. The van der Waals surface area contributed by atoms with Gasteiger partial charge >= 0.3 is 5.97 Å². The van der Waals surface area contributed by atoms with Gasteiger partial charge in [0.25, 0.3) is 0 Å². The Morgan fingerprint density at radius 2 is 1.77 bits per heavy atom. The van der Waals surface area contributed by atoms with Gasteiger partial charge in [0, 0.05) is 38.1 Å². The highest BCUT2D eigenvalue weighted by Crippen LogP contribution is 2.28. The van der Waals surface area contributed by atoms with E-state index < -0.39 is 0 Å². The van der Waals surface area contributed by atoms with Crippen LogP contribution in [0, 0.1) is 6.92 Å². The van der Waals surface area contributed by atoms with E-state index in [1.165, 1.54) is 0 Å². The van der Waals surface area contributed by atoms with Crippen molar-refractivity contribution in [3.8, 4) is 5.75 Å². The van der Waals surface area contributed by atoms with Crippen molar-refractivity contribution in [2.24, 2.45) is 0 Å². The van der Waals surface area contributed by atoms with Crippen LogP contribution in [0.3, 0.4) is 0 Å². The molecule has 0 radical (unpaired) electrons. The van der Waals surface area contributed by atoms with Crippen LogP contribution < -0.4 is 4.90 Å². The second-order valence-electron chi connectivity index (χ2n) is 7.55. The number of aromatic nitrogens is 1. The van der Waals surface area contributed by atoms with Gasteiger partial charge < -0.3 is 14.7 Å². The molecule has 0 aliphatic carbocycles. The molecule has 4 rings (SSSR count). The summed E-state index contributed by atoms with van der Waals surface area (Å²) in [6.07, 6.45) is 0. The number of aryl methyl sites for hydroxylation is 1. The maximum absolute atomic E-state index is 12.7. The first-order valence-corrected chi connectivity index (χ1v) is 10.4. The molecular formula is C24H27N3O3. The van der Waals surface area contributed by atoms with Gasteiger partial charge in [-0.3, -0.25) is 9.88 Å². The summed E-state index contributed by atoms with van der Waals surface area (Å²) in [4.78, 5) is 22.1. The Bertz CT molecular complexity index is 1060. The zero-order chi connectivity index (χ0) is 21.1. The molecule has 6 nitrogen and oxygen atoms in total. The first kappa shape index (κ1) is 20.2. The smallest absolute Gasteiger partial charge is 0.340 e. The Balaban J connectivity index is 1.57. The molecule has 2 heterocycles. The first-order valence-electron chi connectivity index (χ1n) is 10.4. The number of aromatic hydroxyl groups is 1. The molecule has 0 saturated carbocycles. The Labute approximate surface area is 176 Å². The summed E-state index contributed by atoms with van der Waals surface area (Å²) in [5, 5.41) is 11.1. The quantitative estimate of drug-likeness (QED) is 0.652. The number of carbonyl (C=O) groups is 1. The summed E-state index contributed by atoms with van der Waals surface area (Å²) in [5.41, 5.74) is 4.02. The number of carbonyl (C=O) groups excluding carboxylic acids is 1. The number of piperazine rings is 1. The minimum Gasteiger partial charge on any atom is -0.506 e. The van der Waals surface area contributed by atoms with Crippen LogP contribution in [-0.4, -0.2) is 53.7 Å². The maximum atomic E-state index is 12.7. The van der Waals surface area contributed by atoms with E-state index >= 15 is 0 Å². The lowest BCUT2D eigenvalue weighted by Gasteiger charge is -2.36. The van der Waals surface area contributed by atoms with Gasteiger partial charge in [-0.15, -0.1) is 0 Å². The Morgan fingerprint density at radius 3 is 2.50 bits per heavy atom. The molecule has 2 aromatic carbocycles. The van der Waals surface area contributed by atoms with Gasteiger partial charge in [-0.25, -0.2) is 4.79 Å². The molecule has 0 amide bonds. The van der Waals surface area contributed by atoms with Gasteiger partial charge in [-0.2, -0.15) is 0 Å². The molecule has 1 aliphatic heterocycles. The summed E-state index contributed by atoms with van der Waals surface area (Å²) in [5.74, 6) is -0.00142. The van der Waals surface area contributed by atoms with Crippen molar-refractivity contribution in [2.75, 3.05) is 37.7 Å². The van der Waals surface area contributed by atoms with E-state index in [1.54, 1.807) is 6.07 Å². The number of fused-ring (bicyclic) bond motifs is 1. The third-order valence-corrected chi connectivity index (χ3v) is 5.67. The van der Waals surface area contributed by atoms with Crippen LogP contribution in [0.25, 0.3) is 10.9 Å². The van der Waals surface area contributed by atoms with Crippen molar-refractivity contribution in [1.82, 2.24) is 9.88 Å². The van der Waals surface area contributed by atoms with Crippen molar-refractivity contribution in [3.63, 3.8) is 0 Å². The van der Waals surface area contributed by atoms with Gasteiger partial charge in [0.15, 0.2) is 0 Å². The standard InChI is InChI=1S/C24H27N3O3/c1-3-30-24(29)23-17(2)18-8-4-5-9-19(18)25-20(23)16-26-12-14-27(15-13-26)21-10-6-7-11-22(21)28/h4-11,28H,3,12-16H2,1-2H3. The summed E-state index contributed by atoms with van der Waals surface area (Å²) in [6, 6.07) is 15.3. The van der Waals surface area contributed by atoms with Crippen LogP contribution in [0.4, 0.5) is 5.69 Å². The van der Waals surface area contributed by atoms with E-state index in [-0.39, 0.29) is 5.97 Å². The summed E-state index contributed by atoms with van der Waals surface area (Å²) in [7, 11) is 0. The lowest BCUT2D eigenvalue weighted by atomic mass is 10.0. The number of benzene rings is 2. The molecule has 1 aromatic heterocycles. The fourth-order valence-corrected chi connectivity index (χ4v) is 4.12. The second kappa shape index (κ2) is 8.71. The van der Waals surface area contributed by atoms with Crippen LogP contribution in [0.5, 0.6) is 5.75 Å². The number of rotatable bonds is 5. The minimum atomic E-state index is -0.309. The zero-order valence-electron chi connectivity index (χ0n) is 17.5. The van der Waals surface area contributed by atoms with E-state index in [1.807, 2.05) is 56.3 Å². The second-order valence-corrected chi connectivity index (χ2v) is 7.55. The third kappa shape index (κ3) is 3.96. The van der Waals surface area contributed by atoms with E-state index in [9.17, 15) is 9.90 Å². The van der Waals surface area contributed by atoms with Crippen LogP contribution in [0.2, 0.25) is 0 Å². The number of nitrogens with zero attached hydrogens (tertiary/aromatic N) is 3. The first-order chi connectivity index (χ1) is 14.6. The van der Waals surface area contributed by atoms with Crippen molar-refractivity contribution < 1.29 is 14.6 Å². The van der Waals surface area contributed by atoms with Gasteiger partial charge in [0.05, 0.1) is 29.1 Å². The van der Waals surface area contributed by atoms with E-state index in [0.29, 0.717) is 24.5 Å². The molecule has 1 N–H and O–H groups in total. The van der Waals surface area contributed by atoms with E-state index in [4.69, 9.17) is 9.72 Å². The molecule has 3 aromatic rings. The fourth-order valence-electron chi connectivity index (χ4n) is 4.12. The SMILES string of the molecule is CCOC(=O)c1c(CN2CCN(c3ccccc3O)CC2)nc2ccccc2c1C. The average molecular weight is 405 g/mol. The molecule has 30 heavy (non-hydrogen) atoms. The molecule has 1 fully saturated rings. The lowest BCUT2D eigenvalue weighted by Crippen LogP contribution is -2.46. The average Bonchev–Trinajstić information content (AvgIpc) is 2.75. The van der Waals surface area contributed by atoms with Gasteiger partial charge in [0.2, 0.25) is 0 Å². The monoisotopic (exact) mass is 405 g/mol. The largest absolute Gasteiger partial charge is 0.506 e. The van der Waals surface area contributed by atoms with Crippen molar-refractivity contribution in [1.29, 1.82) is 0 Å². The normalized spacial score (nSPS) is 14.8.